The topological polar surface area (TPSA) is 32.3 Å². The molecule has 0 saturated carbocycles. The van der Waals surface area contributed by atoms with Gasteiger partial charge in [-0.2, -0.15) is 13.2 Å². The Labute approximate surface area is 108 Å². The zero-order chi connectivity index (χ0) is 14.0. The maximum Gasteiger partial charge on any atom is 0.416 e. The van der Waals surface area contributed by atoms with Crippen molar-refractivity contribution in [3.63, 3.8) is 0 Å². The van der Waals surface area contributed by atoms with E-state index in [4.69, 9.17) is 5.11 Å². The largest absolute Gasteiger partial charge is 0.416 e. The van der Waals surface area contributed by atoms with E-state index in [2.05, 4.69) is 21.2 Å². The molecule has 1 aromatic carbocycles. The second-order valence-corrected chi connectivity index (χ2v) is 4.41. The minimum absolute atomic E-state index is 0.0195. The van der Waals surface area contributed by atoms with E-state index in [-0.39, 0.29) is 10.2 Å². The van der Waals surface area contributed by atoms with Crippen LogP contribution in [0.4, 0.5) is 27.6 Å². The number of halogens is 6. The minimum Gasteiger partial charge on any atom is -0.390 e. The highest BCUT2D eigenvalue weighted by Gasteiger charge is 2.31. The molecule has 0 aliphatic carbocycles. The van der Waals surface area contributed by atoms with Gasteiger partial charge in [-0.05, 0) is 34.1 Å². The lowest BCUT2D eigenvalue weighted by molar-refractivity contribution is -0.137. The van der Waals surface area contributed by atoms with Gasteiger partial charge in [0.15, 0.2) is 0 Å². The third kappa shape index (κ3) is 4.09. The van der Waals surface area contributed by atoms with Crippen molar-refractivity contribution in [1.82, 2.24) is 0 Å². The molecule has 102 valence electrons. The predicted octanol–water partition coefficient (Wildman–Crippen LogP) is 3.51. The number of hydrogen-bond acceptors (Lipinski definition) is 2. The number of aliphatic hydroxyl groups is 1. The molecule has 0 atom stereocenters. The second-order valence-electron chi connectivity index (χ2n) is 3.56. The highest BCUT2D eigenvalue weighted by Crippen LogP contribution is 2.34. The highest BCUT2D eigenvalue weighted by atomic mass is 79.9. The molecule has 0 aliphatic rings. The molecule has 0 amide bonds. The average molecular weight is 334 g/mol. The van der Waals surface area contributed by atoms with Crippen molar-refractivity contribution in [2.24, 2.45) is 0 Å². The number of hydrogen-bond donors (Lipinski definition) is 2. The van der Waals surface area contributed by atoms with Crippen LogP contribution in [0, 0.1) is 0 Å². The Hall–Kier alpha value is -0.890. The molecule has 0 aromatic heterocycles. The van der Waals surface area contributed by atoms with E-state index < -0.39 is 30.8 Å². The summed E-state index contributed by atoms with van der Waals surface area (Å²) in [5, 5.41) is 10.6. The number of nitrogens with one attached hydrogen (secondary N) is 1. The van der Waals surface area contributed by atoms with E-state index in [0.29, 0.717) is 0 Å². The zero-order valence-corrected chi connectivity index (χ0v) is 10.4. The molecule has 0 radical (unpaired) electrons. The van der Waals surface area contributed by atoms with Gasteiger partial charge in [-0.15, -0.1) is 0 Å². The smallest absolute Gasteiger partial charge is 0.390 e. The van der Waals surface area contributed by atoms with Gasteiger partial charge in [0.05, 0.1) is 12.1 Å². The number of alkyl halides is 5. The number of anilines is 1. The molecule has 2 nitrogen and oxygen atoms in total. The van der Waals surface area contributed by atoms with Crippen LogP contribution in [-0.4, -0.2) is 24.2 Å². The molecule has 0 aliphatic heterocycles. The fraction of sp³-hybridized carbons (Fsp3) is 0.400. The SMILES string of the molecule is OCC(F)(F)CNc1ccc(C(F)(F)F)cc1Br. The molecule has 0 spiro atoms. The van der Waals surface area contributed by atoms with Gasteiger partial charge in [-0.3, -0.25) is 0 Å². The Kier molecular flexibility index (Phi) is 4.55. The predicted molar refractivity (Wildman–Crippen MR) is 59.7 cm³/mol. The first-order chi connectivity index (χ1) is 8.15. The minimum atomic E-state index is -4.49. The molecule has 18 heavy (non-hydrogen) atoms. The molecule has 2 N–H and O–H groups in total. The molecule has 1 rings (SSSR count). The standard InChI is InChI=1S/C10H9BrF5NO/c11-7-3-6(10(14,15)16)1-2-8(7)17-4-9(12,13)5-18/h1-3,17-18H,4-5H2. The van der Waals surface area contributed by atoms with Crippen LogP contribution >= 0.6 is 15.9 Å². The lowest BCUT2D eigenvalue weighted by Crippen LogP contribution is -2.31. The van der Waals surface area contributed by atoms with Gasteiger partial charge in [0.25, 0.3) is 5.92 Å². The maximum atomic E-state index is 12.7. The van der Waals surface area contributed by atoms with Crippen molar-refractivity contribution >= 4 is 21.6 Å². The van der Waals surface area contributed by atoms with Gasteiger partial charge >= 0.3 is 6.18 Å². The van der Waals surface area contributed by atoms with Gasteiger partial charge in [-0.25, -0.2) is 8.78 Å². The number of benzene rings is 1. The van der Waals surface area contributed by atoms with Gasteiger partial charge in [0.2, 0.25) is 0 Å². The number of rotatable bonds is 4. The monoisotopic (exact) mass is 333 g/mol. The maximum absolute atomic E-state index is 12.7. The molecule has 0 bridgehead atoms. The van der Waals surface area contributed by atoms with Gasteiger partial charge in [0.1, 0.15) is 6.61 Å². The summed E-state index contributed by atoms with van der Waals surface area (Å²) < 4.78 is 62.5. The quantitative estimate of drug-likeness (QED) is 0.826. The first-order valence-corrected chi connectivity index (χ1v) is 5.54. The van der Waals surface area contributed by atoms with Crippen LogP contribution in [-0.2, 0) is 6.18 Å². The Morgan fingerprint density at radius 1 is 1.17 bits per heavy atom. The Bertz CT molecular complexity index is 421. The Balaban J connectivity index is 2.81. The normalized spacial score (nSPS) is 12.6. The lowest BCUT2D eigenvalue weighted by atomic mass is 10.2. The van der Waals surface area contributed by atoms with E-state index in [0.717, 1.165) is 18.2 Å². The van der Waals surface area contributed by atoms with E-state index in [1.165, 1.54) is 0 Å². The summed E-state index contributed by atoms with van der Waals surface area (Å²) in [5.74, 6) is -3.33. The average Bonchev–Trinajstić information content (AvgIpc) is 2.26. The third-order valence-electron chi connectivity index (χ3n) is 2.07. The van der Waals surface area contributed by atoms with E-state index >= 15 is 0 Å². The fourth-order valence-corrected chi connectivity index (χ4v) is 1.63. The van der Waals surface area contributed by atoms with Crippen molar-refractivity contribution < 1.29 is 27.1 Å². The highest BCUT2D eigenvalue weighted by molar-refractivity contribution is 9.10. The van der Waals surface area contributed by atoms with E-state index in [9.17, 15) is 22.0 Å². The van der Waals surface area contributed by atoms with Gasteiger partial charge in [0, 0.05) is 10.2 Å². The Morgan fingerprint density at radius 3 is 2.22 bits per heavy atom. The Morgan fingerprint density at radius 2 is 1.78 bits per heavy atom. The summed E-state index contributed by atoms with van der Waals surface area (Å²) in [7, 11) is 0. The molecule has 0 fully saturated rings. The van der Waals surface area contributed by atoms with Gasteiger partial charge < -0.3 is 10.4 Å². The molecular formula is C10H9BrF5NO. The van der Waals surface area contributed by atoms with E-state index in [1.54, 1.807) is 0 Å². The van der Waals surface area contributed by atoms with Crippen molar-refractivity contribution in [3.05, 3.63) is 28.2 Å². The second kappa shape index (κ2) is 5.40. The summed E-state index contributed by atoms with van der Waals surface area (Å²) in [6, 6.07) is 2.62. The summed E-state index contributed by atoms with van der Waals surface area (Å²) in [4.78, 5) is 0. The van der Waals surface area contributed by atoms with Crippen LogP contribution in [0.1, 0.15) is 5.56 Å². The molecular weight excluding hydrogens is 325 g/mol. The van der Waals surface area contributed by atoms with Crippen LogP contribution in [0.3, 0.4) is 0 Å². The van der Waals surface area contributed by atoms with Crippen molar-refractivity contribution in [1.29, 1.82) is 0 Å². The van der Waals surface area contributed by atoms with Crippen LogP contribution in [0.25, 0.3) is 0 Å². The first kappa shape index (κ1) is 15.2. The van der Waals surface area contributed by atoms with Crippen molar-refractivity contribution in [3.8, 4) is 0 Å². The molecule has 0 saturated heterocycles. The summed E-state index contributed by atoms with van der Waals surface area (Å²) in [6.45, 7) is -2.20. The lowest BCUT2D eigenvalue weighted by Gasteiger charge is -2.16. The summed E-state index contributed by atoms with van der Waals surface area (Å²) in [5.41, 5.74) is -0.787. The first-order valence-electron chi connectivity index (χ1n) is 4.75. The van der Waals surface area contributed by atoms with Crippen LogP contribution < -0.4 is 5.32 Å². The molecule has 8 heteroatoms. The molecule has 0 heterocycles. The van der Waals surface area contributed by atoms with Crippen LogP contribution in [0.2, 0.25) is 0 Å². The zero-order valence-electron chi connectivity index (χ0n) is 8.86. The van der Waals surface area contributed by atoms with Crippen LogP contribution in [0.5, 0.6) is 0 Å². The van der Waals surface area contributed by atoms with E-state index in [1.807, 2.05) is 0 Å². The number of aliphatic hydroxyl groups excluding tert-OH is 1. The fourth-order valence-electron chi connectivity index (χ4n) is 1.12. The summed E-state index contributed by atoms with van der Waals surface area (Å²) >= 11 is 2.86. The van der Waals surface area contributed by atoms with Crippen LogP contribution in [0.15, 0.2) is 22.7 Å². The van der Waals surface area contributed by atoms with Crippen molar-refractivity contribution in [2.45, 2.75) is 12.1 Å². The third-order valence-corrected chi connectivity index (χ3v) is 2.72. The van der Waals surface area contributed by atoms with Crippen molar-refractivity contribution in [2.75, 3.05) is 18.5 Å². The van der Waals surface area contributed by atoms with Gasteiger partial charge in [-0.1, -0.05) is 0 Å². The molecule has 0 unspecified atom stereocenters. The molecule has 1 aromatic rings. The summed E-state index contributed by atoms with van der Waals surface area (Å²) in [6.07, 6.45) is -4.49.